The SMILES string of the molecule is COC(=O)C(C)CN=C(N)NC(C)c1ccc(Cl)cc1Cl.I. The van der Waals surface area contributed by atoms with Gasteiger partial charge < -0.3 is 15.8 Å². The fourth-order valence-corrected chi connectivity index (χ4v) is 2.28. The summed E-state index contributed by atoms with van der Waals surface area (Å²) in [6.45, 7) is 3.88. The standard InChI is InChI=1S/C14H19Cl2N3O2.HI/c1-8(13(20)21-3)7-18-14(17)19-9(2)11-5-4-10(15)6-12(11)16;/h4-6,8-9H,7H2,1-3H3,(H3,17,18,19);1H. The summed E-state index contributed by atoms with van der Waals surface area (Å²) in [5.41, 5.74) is 6.66. The van der Waals surface area contributed by atoms with Gasteiger partial charge in [0.1, 0.15) is 0 Å². The van der Waals surface area contributed by atoms with Crippen LogP contribution in [0.5, 0.6) is 0 Å². The Morgan fingerprint density at radius 2 is 2.05 bits per heavy atom. The minimum absolute atomic E-state index is 0. The number of halogens is 3. The third kappa shape index (κ3) is 6.58. The topological polar surface area (TPSA) is 76.7 Å². The van der Waals surface area contributed by atoms with Crippen LogP contribution in [0.25, 0.3) is 0 Å². The number of rotatable bonds is 5. The zero-order valence-electron chi connectivity index (χ0n) is 12.6. The molecule has 0 saturated carbocycles. The number of guanidine groups is 1. The van der Waals surface area contributed by atoms with Crippen molar-refractivity contribution in [3.8, 4) is 0 Å². The van der Waals surface area contributed by atoms with Gasteiger partial charge in [-0.1, -0.05) is 36.2 Å². The molecule has 0 saturated heterocycles. The highest BCUT2D eigenvalue weighted by Gasteiger charge is 2.13. The van der Waals surface area contributed by atoms with E-state index in [0.29, 0.717) is 10.0 Å². The maximum Gasteiger partial charge on any atom is 0.310 e. The Hall–Kier alpha value is -0.730. The van der Waals surface area contributed by atoms with Gasteiger partial charge in [-0.05, 0) is 24.6 Å². The summed E-state index contributed by atoms with van der Waals surface area (Å²) in [6.07, 6.45) is 0. The quantitative estimate of drug-likeness (QED) is 0.306. The third-order valence-electron chi connectivity index (χ3n) is 2.93. The lowest BCUT2D eigenvalue weighted by Crippen LogP contribution is -2.34. The summed E-state index contributed by atoms with van der Waals surface area (Å²) in [5, 5.41) is 4.14. The molecule has 0 radical (unpaired) electrons. The van der Waals surface area contributed by atoms with Crippen LogP contribution in [-0.2, 0) is 9.53 Å². The summed E-state index contributed by atoms with van der Waals surface area (Å²) < 4.78 is 4.62. The molecule has 124 valence electrons. The van der Waals surface area contributed by atoms with Crippen molar-refractivity contribution >= 4 is 59.1 Å². The van der Waals surface area contributed by atoms with Crippen molar-refractivity contribution in [2.45, 2.75) is 19.9 Å². The predicted octanol–water partition coefficient (Wildman–Crippen LogP) is 3.39. The summed E-state index contributed by atoms with van der Waals surface area (Å²) in [5.74, 6) is -0.422. The highest BCUT2D eigenvalue weighted by Crippen LogP contribution is 2.25. The number of carbonyl (C=O) groups excluding carboxylic acids is 1. The van der Waals surface area contributed by atoms with Crippen molar-refractivity contribution in [1.29, 1.82) is 0 Å². The van der Waals surface area contributed by atoms with Gasteiger partial charge in [0.05, 0.1) is 25.6 Å². The molecule has 0 aromatic heterocycles. The van der Waals surface area contributed by atoms with Crippen LogP contribution in [0, 0.1) is 5.92 Å². The first-order chi connectivity index (χ1) is 9.85. The lowest BCUT2D eigenvalue weighted by atomic mass is 10.1. The van der Waals surface area contributed by atoms with Crippen molar-refractivity contribution < 1.29 is 9.53 Å². The molecule has 0 bridgehead atoms. The van der Waals surface area contributed by atoms with Gasteiger partial charge in [-0.2, -0.15) is 0 Å². The van der Waals surface area contributed by atoms with E-state index in [2.05, 4.69) is 15.0 Å². The molecular weight excluding hydrogens is 440 g/mol. The van der Waals surface area contributed by atoms with Crippen LogP contribution in [0.2, 0.25) is 10.0 Å². The van der Waals surface area contributed by atoms with Crippen LogP contribution in [0.4, 0.5) is 0 Å². The van der Waals surface area contributed by atoms with Gasteiger partial charge in [-0.15, -0.1) is 24.0 Å². The molecule has 1 rings (SSSR count). The van der Waals surface area contributed by atoms with Crippen LogP contribution in [0.3, 0.4) is 0 Å². The van der Waals surface area contributed by atoms with Gasteiger partial charge in [0.15, 0.2) is 5.96 Å². The second-order valence-electron chi connectivity index (χ2n) is 4.68. The Morgan fingerprint density at radius 3 is 2.59 bits per heavy atom. The average molecular weight is 460 g/mol. The van der Waals surface area contributed by atoms with E-state index in [1.54, 1.807) is 19.1 Å². The molecule has 1 aromatic carbocycles. The Bertz CT molecular complexity index is 541. The number of hydrogen-bond acceptors (Lipinski definition) is 3. The Kier molecular flexibility index (Phi) is 9.79. The van der Waals surface area contributed by atoms with Crippen LogP contribution in [0.1, 0.15) is 25.5 Å². The Morgan fingerprint density at radius 1 is 1.41 bits per heavy atom. The number of ether oxygens (including phenoxy) is 1. The van der Waals surface area contributed by atoms with E-state index < -0.39 is 0 Å². The molecule has 0 aliphatic heterocycles. The summed E-state index contributed by atoms with van der Waals surface area (Å²) in [6, 6.07) is 5.12. The second kappa shape index (κ2) is 10.1. The maximum atomic E-state index is 11.3. The number of esters is 1. The van der Waals surface area contributed by atoms with Crippen LogP contribution in [-0.4, -0.2) is 25.6 Å². The highest BCUT2D eigenvalue weighted by atomic mass is 127. The minimum atomic E-state index is -0.343. The van der Waals surface area contributed by atoms with Crippen LogP contribution >= 0.6 is 47.2 Å². The van der Waals surface area contributed by atoms with Gasteiger partial charge in [-0.3, -0.25) is 9.79 Å². The van der Waals surface area contributed by atoms with E-state index in [4.69, 9.17) is 28.9 Å². The number of benzene rings is 1. The average Bonchev–Trinajstić information content (AvgIpc) is 2.43. The van der Waals surface area contributed by atoms with Crippen molar-refractivity contribution in [2.24, 2.45) is 16.6 Å². The molecule has 5 nitrogen and oxygen atoms in total. The normalized spacial score (nSPS) is 13.8. The lowest BCUT2D eigenvalue weighted by Gasteiger charge is -2.17. The molecule has 0 fully saturated rings. The molecular formula is C14H20Cl2IN3O2. The van der Waals surface area contributed by atoms with E-state index in [1.165, 1.54) is 7.11 Å². The smallest absolute Gasteiger partial charge is 0.310 e. The minimum Gasteiger partial charge on any atom is -0.469 e. The molecule has 3 N–H and O–H groups in total. The molecule has 22 heavy (non-hydrogen) atoms. The van der Waals surface area contributed by atoms with E-state index in [-0.39, 0.29) is 54.4 Å². The predicted molar refractivity (Wildman–Crippen MR) is 101 cm³/mol. The largest absolute Gasteiger partial charge is 0.469 e. The van der Waals surface area contributed by atoms with Gasteiger partial charge in [0, 0.05) is 10.0 Å². The third-order valence-corrected chi connectivity index (χ3v) is 3.49. The fraction of sp³-hybridized carbons (Fsp3) is 0.429. The number of hydrogen-bond donors (Lipinski definition) is 2. The lowest BCUT2D eigenvalue weighted by molar-refractivity contribution is -0.144. The molecule has 8 heteroatoms. The van der Waals surface area contributed by atoms with E-state index in [1.807, 2.05) is 13.0 Å². The van der Waals surface area contributed by atoms with Crippen LogP contribution in [0.15, 0.2) is 23.2 Å². The zero-order valence-corrected chi connectivity index (χ0v) is 16.4. The van der Waals surface area contributed by atoms with Crippen molar-refractivity contribution in [3.63, 3.8) is 0 Å². The van der Waals surface area contributed by atoms with E-state index >= 15 is 0 Å². The zero-order chi connectivity index (χ0) is 16.0. The van der Waals surface area contributed by atoms with Gasteiger partial charge in [-0.25, -0.2) is 0 Å². The fourth-order valence-electron chi connectivity index (χ4n) is 1.71. The van der Waals surface area contributed by atoms with E-state index in [9.17, 15) is 4.79 Å². The maximum absolute atomic E-state index is 11.3. The van der Waals surface area contributed by atoms with Crippen molar-refractivity contribution in [2.75, 3.05) is 13.7 Å². The Labute approximate surface area is 157 Å². The first kappa shape index (κ1) is 21.3. The first-order valence-electron chi connectivity index (χ1n) is 6.44. The molecule has 2 atom stereocenters. The molecule has 0 aliphatic rings. The number of nitrogens with zero attached hydrogens (tertiary/aromatic N) is 1. The number of carbonyl (C=O) groups is 1. The monoisotopic (exact) mass is 459 g/mol. The molecule has 0 amide bonds. The molecule has 2 unspecified atom stereocenters. The molecule has 0 heterocycles. The highest BCUT2D eigenvalue weighted by molar-refractivity contribution is 14.0. The number of nitrogens with two attached hydrogens (primary N) is 1. The van der Waals surface area contributed by atoms with Gasteiger partial charge in [0.25, 0.3) is 0 Å². The van der Waals surface area contributed by atoms with Crippen molar-refractivity contribution in [3.05, 3.63) is 33.8 Å². The summed E-state index contributed by atoms with van der Waals surface area (Å²) in [7, 11) is 1.34. The second-order valence-corrected chi connectivity index (χ2v) is 5.53. The summed E-state index contributed by atoms with van der Waals surface area (Å²) >= 11 is 12.0. The number of nitrogens with one attached hydrogen (secondary N) is 1. The van der Waals surface area contributed by atoms with Gasteiger partial charge in [0.2, 0.25) is 0 Å². The van der Waals surface area contributed by atoms with Gasteiger partial charge >= 0.3 is 5.97 Å². The summed E-state index contributed by atoms with van der Waals surface area (Å²) in [4.78, 5) is 15.4. The van der Waals surface area contributed by atoms with Crippen LogP contribution < -0.4 is 11.1 Å². The molecule has 0 aliphatic carbocycles. The molecule has 1 aromatic rings. The molecule has 0 spiro atoms. The first-order valence-corrected chi connectivity index (χ1v) is 7.20. The number of methoxy groups -OCH3 is 1. The van der Waals surface area contributed by atoms with Crippen molar-refractivity contribution in [1.82, 2.24) is 5.32 Å². The van der Waals surface area contributed by atoms with E-state index in [0.717, 1.165) is 5.56 Å². The number of aliphatic imine (C=N–C) groups is 1. The Balaban J connectivity index is 0.00000441.